The Balaban J connectivity index is 1.77. The average Bonchev–Trinajstić information content (AvgIpc) is 2.99. The Morgan fingerprint density at radius 3 is 2.85 bits per heavy atom. The van der Waals surface area contributed by atoms with Crippen molar-refractivity contribution in [3.8, 4) is 28.6 Å². The van der Waals surface area contributed by atoms with Crippen molar-refractivity contribution in [2.24, 2.45) is 0 Å². The van der Waals surface area contributed by atoms with Crippen molar-refractivity contribution in [1.82, 2.24) is 15.2 Å². The van der Waals surface area contributed by atoms with Crippen LogP contribution in [0, 0.1) is 0 Å². The molecule has 0 radical (unpaired) electrons. The van der Waals surface area contributed by atoms with Crippen molar-refractivity contribution in [1.29, 1.82) is 0 Å². The van der Waals surface area contributed by atoms with Gasteiger partial charge in [-0.05, 0) is 24.6 Å². The number of fused-ring (bicyclic) bond motifs is 3. The van der Waals surface area contributed by atoms with Gasteiger partial charge in [0, 0.05) is 17.0 Å². The van der Waals surface area contributed by atoms with E-state index < -0.39 is 18.8 Å². The highest BCUT2D eigenvalue weighted by atomic mass is 32.2. The number of unbranched alkanes of at least 4 members (excludes halogenated alkanes) is 1. The predicted molar refractivity (Wildman–Crippen MR) is 121 cm³/mol. The van der Waals surface area contributed by atoms with E-state index in [1.807, 2.05) is 24.3 Å². The molecule has 10 heteroatoms. The fraction of sp³-hybridized carbons (Fsp3) is 0.304. The summed E-state index contributed by atoms with van der Waals surface area (Å²) in [4.78, 5) is 15.7. The molecule has 3 aromatic rings. The Labute approximate surface area is 195 Å². The number of carboxylic acids is 1. The van der Waals surface area contributed by atoms with Gasteiger partial charge < -0.3 is 29.4 Å². The number of anilines is 1. The number of methoxy groups -OCH3 is 1. The lowest BCUT2D eigenvalue weighted by atomic mass is 10.1. The Kier molecular flexibility index (Phi) is 7.13. The van der Waals surface area contributed by atoms with Crippen LogP contribution >= 0.6 is 11.8 Å². The molecule has 1 N–H and O–H groups in total. The van der Waals surface area contributed by atoms with Crippen LogP contribution in [0.5, 0.6) is 17.4 Å². The zero-order valence-corrected chi connectivity index (χ0v) is 19.1. The largest absolute Gasteiger partial charge is 0.546 e. The second kappa shape index (κ2) is 10.4. The van der Waals surface area contributed by atoms with Crippen molar-refractivity contribution >= 4 is 23.4 Å². The maximum Gasteiger partial charge on any atom is 0.247 e. The average molecular weight is 468 g/mol. The highest BCUT2D eigenvalue weighted by molar-refractivity contribution is 7.99. The SMILES string of the molecule is CCCCSc1nnc2c(n1)O[C@H](c1cccc(OC)c1OCC(=O)[O-])Nc1ccccc1-2. The van der Waals surface area contributed by atoms with E-state index in [0.29, 0.717) is 28.0 Å². The van der Waals surface area contributed by atoms with Gasteiger partial charge in [-0.2, -0.15) is 4.98 Å². The van der Waals surface area contributed by atoms with Gasteiger partial charge in [0.2, 0.25) is 17.3 Å². The lowest BCUT2D eigenvalue weighted by Gasteiger charge is -2.23. The smallest absolute Gasteiger partial charge is 0.247 e. The van der Waals surface area contributed by atoms with Crippen LogP contribution < -0.4 is 24.6 Å². The standard InChI is InChI=1S/C23H24N4O5S/c1-3-4-12-33-23-25-22-19(26-27-23)14-8-5-6-10-16(14)24-21(32-22)15-9-7-11-17(30-2)20(15)31-13-18(28)29/h5-11,21,24H,3-4,12-13H2,1-2H3,(H,28,29)/p-1/t21-/m1/s1. The van der Waals surface area contributed by atoms with Gasteiger partial charge >= 0.3 is 0 Å². The van der Waals surface area contributed by atoms with E-state index in [1.165, 1.54) is 18.9 Å². The van der Waals surface area contributed by atoms with Crippen LogP contribution in [-0.4, -0.2) is 40.6 Å². The molecule has 33 heavy (non-hydrogen) atoms. The molecule has 1 aliphatic rings. The third-order valence-corrected chi connectivity index (χ3v) is 5.83. The summed E-state index contributed by atoms with van der Waals surface area (Å²) in [5.41, 5.74) is 2.61. The monoisotopic (exact) mass is 467 g/mol. The predicted octanol–water partition coefficient (Wildman–Crippen LogP) is 3.07. The first-order chi connectivity index (χ1) is 16.1. The normalized spacial score (nSPS) is 14.2. The number of carbonyl (C=O) groups is 1. The number of nitrogens with zero attached hydrogens (tertiary/aromatic N) is 3. The van der Waals surface area contributed by atoms with Crippen LogP contribution in [0.4, 0.5) is 5.69 Å². The summed E-state index contributed by atoms with van der Waals surface area (Å²) >= 11 is 1.52. The van der Waals surface area contributed by atoms with E-state index in [-0.39, 0.29) is 5.75 Å². The Bertz CT molecular complexity index is 1140. The molecule has 0 saturated heterocycles. The molecule has 2 aromatic carbocycles. The second-order valence-corrected chi connectivity index (χ2v) is 8.24. The van der Waals surface area contributed by atoms with E-state index >= 15 is 0 Å². The number of aliphatic carboxylic acids is 1. The van der Waals surface area contributed by atoms with Crippen LogP contribution in [0.2, 0.25) is 0 Å². The Hall–Kier alpha value is -3.53. The topological polar surface area (TPSA) is 119 Å². The first-order valence-electron chi connectivity index (χ1n) is 10.5. The molecule has 0 bridgehead atoms. The van der Waals surface area contributed by atoms with Crippen molar-refractivity contribution in [3.05, 3.63) is 48.0 Å². The number of carbonyl (C=O) groups excluding carboxylic acids is 1. The molecule has 0 saturated carbocycles. The number of benzene rings is 2. The maximum atomic E-state index is 11.0. The van der Waals surface area contributed by atoms with Crippen molar-refractivity contribution in [2.75, 3.05) is 24.8 Å². The summed E-state index contributed by atoms with van der Waals surface area (Å²) in [5.74, 6) is 0.464. The molecule has 0 unspecified atom stereocenters. The molecular weight excluding hydrogens is 444 g/mol. The molecule has 172 valence electrons. The quantitative estimate of drug-likeness (QED) is 0.371. The first-order valence-corrected chi connectivity index (χ1v) is 11.5. The van der Waals surface area contributed by atoms with Crippen molar-refractivity contribution < 1.29 is 24.1 Å². The highest BCUT2D eigenvalue weighted by Gasteiger charge is 2.29. The fourth-order valence-electron chi connectivity index (χ4n) is 3.34. The minimum atomic E-state index is -1.34. The fourth-order valence-corrected chi connectivity index (χ4v) is 4.20. The zero-order chi connectivity index (χ0) is 23.2. The molecule has 1 atom stereocenters. The maximum absolute atomic E-state index is 11.0. The summed E-state index contributed by atoms with van der Waals surface area (Å²) in [6.07, 6.45) is 1.36. The van der Waals surface area contributed by atoms with Crippen molar-refractivity contribution in [3.63, 3.8) is 0 Å². The summed E-state index contributed by atoms with van der Waals surface area (Å²) < 4.78 is 17.2. The number of hydrogen-bond donors (Lipinski definition) is 1. The van der Waals surface area contributed by atoms with Crippen molar-refractivity contribution in [2.45, 2.75) is 31.1 Å². The van der Waals surface area contributed by atoms with Gasteiger partial charge in [0.25, 0.3) is 0 Å². The molecule has 0 fully saturated rings. The summed E-state index contributed by atoms with van der Waals surface area (Å²) in [6.45, 7) is 1.50. The van der Waals surface area contributed by atoms with Gasteiger partial charge in [0.1, 0.15) is 6.61 Å². The minimum Gasteiger partial charge on any atom is -0.546 e. The number of carboxylic acid groups (broad SMARTS) is 1. The summed E-state index contributed by atoms with van der Waals surface area (Å²) in [5, 5.41) is 23.6. The lowest BCUT2D eigenvalue weighted by molar-refractivity contribution is -0.307. The van der Waals surface area contributed by atoms with E-state index in [2.05, 4.69) is 27.4 Å². The van der Waals surface area contributed by atoms with E-state index in [1.54, 1.807) is 18.2 Å². The third kappa shape index (κ3) is 5.11. The first kappa shape index (κ1) is 22.7. The van der Waals surface area contributed by atoms with Crippen LogP contribution in [0.3, 0.4) is 0 Å². The molecule has 0 aliphatic carbocycles. The molecule has 9 nitrogen and oxygen atoms in total. The van der Waals surface area contributed by atoms with E-state index in [0.717, 1.165) is 29.8 Å². The van der Waals surface area contributed by atoms with Crippen LogP contribution in [0.15, 0.2) is 47.6 Å². The second-order valence-electron chi connectivity index (χ2n) is 7.18. The summed E-state index contributed by atoms with van der Waals surface area (Å²) in [7, 11) is 1.48. The van der Waals surface area contributed by atoms with Gasteiger partial charge in [0.15, 0.2) is 17.2 Å². The molecule has 1 aromatic heterocycles. The molecule has 1 aliphatic heterocycles. The Morgan fingerprint density at radius 2 is 2.06 bits per heavy atom. The van der Waals surface area contributed by atoms with Crippen LogP contribution in [0.25, 0.3) is 11.3 Å². The van der Waals surface area contributed by atoms with E-state index in [4.69, 9.17) is 14.2 Å². The van der Waals surface area contributed by atoms with Gasteiger partial charge in [-0.1, -0.05) is 49.4 Å². The number of rotatable bonds is 9. The number of nitrogens with one attached hydrogen (secondary N) is 1. The zero-order valence-electron chi connectivity index (χ0n) is 18.2. The number of para-hydroxylation sites is 2. The molecule has 2 heterocycles. The van der Waals surface area contributed by atoms with Crippen LogP contribution in [0.1, 0.15) is 31.6 Å². The van der Waals surface area contributed by atoms with Crippen LogP contribution in [-0.2, 0) is 4.79 Å². The van der Waals surface area contributed by atoms with Gasteiger partial charge in [-0.15, -0.1) is 10.2 Å². The summed E-state index contributed by atoms with van der Waals surface area (Å²) in [6, 6.07) is 12.8. The number of aromatic nitrogens is 3. The molecule has 0 spiro atoms. The number of thioether (sulfide) groups is 1. The van der Waals surface area contributed by atoms with Gasteiger partial charge in [0.05, 0.1) is 18.6 Å². The highest BCUT2D eigenvalue weighted by Crippen LogP contribution is 2.43. The number of hydrogen-bond acceptors (Lipinski definition) is 10. The molecular formula is C23H23N4O5S-. The number of ether oxygens (including phenoxy) is 3. The minimum absolute atomic E-state index is 0.238. The van der Waals surface area contributed by atoms with E-state index in [9.17, 15) is 9.90 Å². The third-order valence-electron chi connectivity index (χ3n) is 4.91. The molecule has 4 rings (SSSR count). The Morgan fingerprint density at radius 1 is 1.21 bits per heavy atom. The van der Waals surface area contributed by atoms with Gasteiger partial charge in [-0.3, -0.25) is 0 Å². The molecule has 0 amide bonds. The lowest BCUT2D eigenvalue weighted by Crippen LogP contribution is -2.29. The van der Waals surface area contributed by atoms with Gasteiger partial charge in [-0.25, -0.2) is 0 Å².